The minimum atomic E-state index is -0.665. The lowest BCUT2D eigenvalue weighted by Gasteiger charge is -2.49. The van der Waals surface area contributed by atoms with Crippen molar-refractivity contribution in [3.05, 3.63) is 41.9 Å². The van der Waals surface area contributed by atoms with Crippen LogP contribution in [-0.2, 0) is 0 Å². The van der Waals surface area contributed by atoms with E-state index < -0.39 is 11.6 Å². The van der Waals surface area contributed by atoms with Gasteiger partial charge in [0.1, 0.15) is 11.6 Å². The maximum absolute atomic E-state index is 13.3. The molecule has 0 saturated carbocycles. The maximum Gasteiger partial charge on any atom is 0.307 e. The molecule has 1 amide bonds. The van der Waals surface area contributed by atoms with E-state index in [1.54, 1.807) is 0 Å². The second kappa shape index (κ2) is 7.00. The second-order valence-electron chi connectivity index (χ2n) is 6.80. The quantitative estimate of drug-likeness (QED) is 0.883. The Balaban J connectivity index is 1.43. The Morgan fingerprint density at radius 2 is 1.96 bits per heavy atom. The molecule has 26 heavy (non-hydrogen) atoms. The van der Waals surface area contributed by atoms with Crippen molar-refractivity contribution < 1.29 is 18.0 Å². The van der Waals surface area contributed by atoms with Crippen LogP contribution in [0.15, 0.2) is 38.8 Å². The van der Waals surface area contributed by atoms with Gasteiger partial charge in [-0.05, 0) is 50.9 Å². The fourth-order valence-corrected chi connectivity index (χ4v) is 4.67. The first-order valence-electron chi connectivity index (χ1n) is 8.64. The average molecular weight is 379 g/mol. The molecule has 5 nitrogen and oxygen atoms in total. The molecule has 0 radical (unpaired) electrons. The summed E-state index contributed by atoms with van der Waals surface area (Å²) >= 11 is 1.02. The molecule has 3 fully saturated rings. The van der Waals surface area contributed by atoms with Gasteiger partial charge in [0, 0.05) is 23.0 Å². The van der Waals surface area contributed by atoms with E-state index >= 15 is 0 Å². The Morgan fingerprint density at radius 3 is 2.62 bits per heavy atom. The van der Waals surface area contributed by atoms with Crippen molar-refractivity contribution in [1.82, 2.24) is 15.2 Å². The highest BCUT2D eigenvalue weighted by atomic mass is 32.2. The van der Waals surface area contributed by atoms with Crippen LogP contribution in [0.1, 0.15) is 30.5 Å². The molecule has 0 unspecified atom stereocenters. The van der Waals surface area contributed by atoms with E-state index in [-0.39, 0.29) is 17.8 Å². The number of piperidine rings is 3. The third kappa shape index (κ3) is 3.48. The van der Waals surface area contributed by atoms with Crippen LogP contribution in [0.5, 0.6) is 0 Å². The monoisotopic (exact) mass is 379 g/mol. The highest BCUT2D eigenvalue weighted by Gasteiger charge is 2.40. The third-order valence-corrected chi connectivity index (χ3v) is 6.07. The molecule has 0 aliphatic carbocycles. The Bertz CT molecular complexity index is 798. The zero-order valence-electron chi connectivity index (χ0n) is 14.2. The van der Waals surface area contributed by atoms with Crippen molar-refractivity contribution in [3.8, 4) is 0 Å². The van der Waals surface area contributed by atoms with Gasteiger partial charge in [0.2, 0.25) is 0 Å². The van der Waals surface area contributed by atoms with E-state index in [0.29, 0.717) is 21.9 Å². The number of hydrogen-bond donors (Lipinski definition) is 1. The second-order valence-corrected chi connectivity index (χ2v) is 7.88. The molecule has 1 aromatic heterocycles. The van der Waals surface area contributed by atoms with Gasteiger partial charge in [-0.15, -0.1) is 0 Å². The number of nitrogens with zero attached hydrogens (tertiary/aromatic N) is 2. The maximum atomic E-state index is 13.3. The number of carbonyl (C=O) groups is 1. The molecule has 3 saturated heterocycles. The van der Waals surface area contributed by atoms with Crippen molar-refractivity contribution in [1.29, 1.82) is 0 Å². The molecule has 1 aromatic carbocycles. The number of amides is 1. The van der Waals surface area contributed by atoms with Crippen molar-refractivity contribution in [3.63, 3.8) is 0 Å². The van der Waals surface area contributed by atoms with E-state index in [9.17, 15) is 13.6 Å². The molecule has 3 aliphatic heterocycles. The minimum absolute atomic E-state index is 0.0342. The zero-order valence-corrected chi connectivity index (χ0v) is 15.1. The summed E-state index contributed by atoms with van der Waals surface area (Å²) in [6.45, 7) is 4.30. The van der Waals surface area contributed by atoms with Crippen LogP contribution in [-0.4, -0.2) is 41.0 Å². The number of oxazole rings is 1. The van der Waals surface area contributed by atoms with Crippen molar-refractivity contribution in [2.24, 2.45) is 5.92 Å². The molecular weight excluding hydrogens is 360 g/mol. The van der Waals surface area contributed by atoms with E-state index in [1.807, 2.05) is 0 Å². The fraction of sp³-hybridized carbons (Fsp3) is 0.444. The number of aromatic nitrogens is 1. The summed E-state index contributed by atoms with van der Waals surface area (Å²) in [6, 6.07) is 3.59. The van der Waals surface area contributed by atoms with Gasteiger partial charge in [-0.3, -0.25) is 9.69 Å². The molecule has 5 rings (SSSR count). The summed E-state index contributed by atoms with van der Waals surface area (Å²) in [5.74, 6) is -1.23. The van der Waals surface area contributed by atoms with Crippen molar-refractivity contribution in [2.45, 2.75) is 41.8 Å². The average Bonchev–Trinajstić information content (AvgIpc) is 3.06. The van der Waals surface area contributed by atoms with Gasteiger partial charge in [-0.2, -0.15) is 0 Å². The molecule has 8 heteroatoms. The van der Waals surface area contributed by atoms with Crippen LogP contribution in [0.2, 0.25) is 0 Å². The molecular formula is C18H19F2N3O2S. The first-order chi connectivity index (χ1) is 12.5. The lowest BCUT2D eigenvalue weighted by Crippen LogP contribution is -2.62. The van der Waals surface area contributed by atoms with E-state index in [2.05, 4.69) is 22.1 Å². The molecule has 2 atom stereocenters. The molecule has 3 aliphatic rings. The predicted molar refractivity (Wildman–Crippen MR) is 92.0 cm³/mol. The zero-order chi connectivity index (χ0) is 18.3. The van der Waals surface area contributed by atoms with Gasteiger partial charge >= 0.3 is 5.91 Å². The minimum Gasteiger partial charge on any atom is -0.425 e. The van der Waals surface area contributed by atoms with Gasteiger partial charge < -0.3 is 9.73 Å². The predicted octanol–water partition coefficient (Wildman–Crippen LogP) is 3.32. The highest BCUT2D eigenvalue weighted by molar-refractivity contribution is 7.99. The van der Waals surface area contributed by atoms with E-state index in [1.165, 1.54) is 18.3 Å². The highest BCUT2D eigenvalue weighted by Crippen LogP contribution is 2.33. The smallest absolute Gasteiger partial charge is 0.307 e. The summed E-state index contributed by atoms with van der Waals surface area (Å²) in [5.41, 5.74) is 0. The molecule has 1 N–H and O–H groups in total. The first-order valence-corrected chi connectivity index (χ1v) is 9.46. The van der Waals surface area contributed by atoms with Gasteiger partial charge in [0.05, 0.1) is 6.20 Å². The fourth-order valence-electron chi connectivity index (χ4n) is 3.87. The molecule has 2 bridgehead atoms. The van der Waals surface area contributed by atoms with E-state index in [0.717, 1.165) is 43.8 Å². The van der Waals surface area contributed by atoms with Crippen LogP contribution < -0.4 is 5.32 Å². The SMILES string of the molecule is C[C@H]1[C@H](NC(=O)c2ncc(Sc3cc(F)cc(F)c3)o2)C2CCN1CC2. The lowest BCUT2D eigenvalue weighted by atomic mass is 9.79. The summed E-state index contributed by atoms with van der Waals surface area (Å²) < 4.78 is 32.0. The molecule has 0 spiro atoms. The van der Waals surface area contributed by atoms with Crippen LogP contribution in [0.3, 0.4) is 0 Å². The molecule has 2 aromatic rings. The van der Waals surface area contributed by atoms with Gasteiger partial charge in [-0.1, -0.05) is 11.8 Å². The number of benzene rings is 1. The Kier molecular flexibility index (Phi) is 4.71. The molecule has 4 heterocycles. The Morgan fingerprint density at radius 1 is 1.27 bits per heavy atom. The topological polar surface area (TPSA) is 58.4 Å². The number of halogens is 2. The van der Waals surface area contributed by atoms with Gasteiger partial charge in [0.15, 0.2) is 5.09 Å². The number of hydrogen-bond acceptors (Lipinski definition) is 5. The van der Waals surface area contributed by atoms with Crippen molar-refractivity contribution >= 4 is 17.7 Å². The Hall–Kier alpha value is -1.93. The summed E-state index contributed by atoms with van der Waals surface area (Å²) in [7, 11) is 0. The Labute approximate surface area is 154 Å². The lowest BCUT2D eigenvalue weighted by molar-refractivity contribution is 0.0209. The van der Waals surface area contributed by atoms with Crippen LogP contribution in [0, 0.1) is 17.6 Å². The summed E-state index contributed by atoms with van der Waals surface area (Å²) in [6.07, 6.45) is 3.57. The van der Waals surface area contributed by atoms with E-state index in [4.69, 9.17) is 4.42 Å². The van der Waals surface area contributed by atoms with Crippen LogP contribution >= 0.6 is 11.8 Å². The normalized spacial score (nSPS) is 27.5. The van der Waals surface area contributed by atoms with Crippen molar-refractivity contribution in [2.75, 3.05) is 13.1 Å². The standard InChI is InChI=1S/C18H19F2N3O2S/c1-10-16(11-2-4-23(10)5-3-11)22-17(24)18-21-9-15(25-18)26-14-7-12(19)6-13(20)8-14/h6-11,16H,2-5H2,1H3,(H,22,24)/t10-,16-/m0/s1. The largest absolute Gasteiger partial charge is 0.425 e. The third-order valence-electron chi connectivity index (χ3n) is 5.21. The first kappa shape index (κ1) is 17.5. The number of fused-ring (bicyclic) bond motifs is 3. The summed E-state index contributed by atoms with van der Waals surface area (Å²) in [5, 5.41) is 3.35. The van der Waals surface area contributed by atoms with Crippen LogP contribution in [0.4, 0.5) is 8.78 Å². The number of nitrogens with one attached hydrogen (secondary N) is 1. The van der Waals surface area contributed by atoms with Gasteiger partial charge in [-0.25, -0.2) is 13.8 Å². The van der Waals surface area contributed by atoms with Gasteiger partial charge in [0.25, 0.3) is 5.89 Å². The summed E-state index contributed by atoms with van der Waals surface area (Å²) in [4.78, 5) is 19.2. The number of carbonyl (C=O) groups excluding carboxylic acids is 1. The number of rotatable bonds is 4. The van der Waals surface area contributed by atoms with Crippen LogP contribution in [0.25, 0.3) is 0 Å². The molecule has 138 valence electrons.